The zero-order valence-corrected chi connectivity index (χ0v) is 19.7. The second kappa shape index (κ2) is 9.26. The van der Waals surface area contributed by atoms with Gasteiger partial charge >= 0.3 is 6.18 Å². The number of rotatable bonds is 6. The fourth-order valence-electron chi connectivity index (χ4n) is 4.03. The molecule has 0 saturated heterocycles. The Morgan fingerprint density at radius 2 is 1.68 bits per heavy atom. The molecule has 1 aliphatic rings. The van der Waals surface area contributed by atoms with Crippen LogP contribution >= 0.6 is 0 Å². The van der Waals surface area contributed by atoms with Crippen LogP contribution in [0.25, 0.3) is 0 Å². The van der Waals surface area contributed by atoms with Gasteiger partial charge in [0.1, 0.15) is 11.9 Å². The van der Waals surface area contributed by atoms with Crippen molar-refractivity contribution in [3.05, 3.63) is 65.0 Å². The maximum absolute atomic E-state index is 14.1. The van der Waals surface area contributed by atoms with Crippen molar-refractivity contribution < 1.29 is 35.2 Å². The molecule has 0 saturated carbocycles. The second-order valence-corrected chi connectivity index (χ2v) is 10.5. The lowest BCUT2D eigenvalue weighted by Gasteiger charge is -2.33. The summed E-state index contributed by atoms with van der Waals surface area (Å²) >= 11 is 0. The van der Waals surface area contributed by atoms with Crippen LogP contribution in [-0.2, 0) is 27.8 Å². The Balaban J connectivity index is 2.01. The molecule has 1 unspecified atom stereocenters. The van der Waals surface area contributed by atoms with Crippen molar-refractivity contribution in [3.8, 4) is 0 Å². The summed E-state index contributed by atoms with van der Waals surface area (Å²) < 4.78 is 96.6. The summed E-state index contributed by atoms with van der Waals surface area (Å²) in [7, 11) is -4.65. The van der Waals surface area contributed by atoms with Crippen molar-refractivity contribution in [3.63, 3.8) is 0 Å². The van der Waals surface area contributed by atoms with Crippen LogP contribution in [0, 0.1) is 5.82 Å². The van der Waals surface area contributed by atoms with Crippen molar-refractivity contribution in [1.29, 1.82) is 0 Å². The standard InChI is InChI=1S/C23H25F5N2O3S/c1-4-30(20(23(26,27)28)16-5-8-18(24)9-6-16)34(32,33)19-10-7-15-11-12-29(14-17(15)13-19)21(31)22(2,3)25/h5-10,13,20H,4,11-12,14H2,1-3H3. The van der Waals surface area contributed by atoms with E-state index in [-0.39, 0.29) is 18.0 Å². The first kappa shape index (κ1) is 26.1. The number of fused-ring (bicyclic) bond motifs is 1. The smallest absolute Gasteiger partial charge is 0.335 e. The van der Waals surface area contributed by atoms with Crippen molar-refractivity contribution in [2.24, 2.45) is 0 Å². The molecule has 34 heavy (non-hydrogen) atoms. The lowest BCUT2D eigenvalue weighted by molar-refractivity contribution is -0.173. The normalized spacial score (nSPS) is 15.9. The molecule has 5 nitrogen and oxygen atoms in total. The molecule has 2 aromatic carbocycles. The number of benzene rings is 2. The number of carbonyl (C=O) groups is 1. The molecule has 1 heterocycles. The first-order valence-electron chi connectivity index (χ1n) is 10.6. The van der Waals surface area contributed by atoms with E-state index in [1.807, 2.05) is 0 Å². The summed E-state index contributed by atoms with van der Waals surface area (Å²) in [5.41, 5.74) is -1.38. The summed E-state index contributed by atoms with van der Waals surface area (Å²) in [6.07, 6.45) is -4.61. The quantitative estimate of drug-likeness (QED) is 0.533. The molecule has 0 spiro atoms. The molecule has 1 aliphatic heterocycles. The average molecular weight is 505 g/mol. The zero-order chi connectivity index (χ0) is 25.5. The third-order valence-corrected chi connectivity index (χ3v) is 7.62. The molecule has 11 heteroatoms. The predicted octanol–water partition coefficient (Wildman–Crippen LogP) is 4.77. The maximum Gasteiger partial charge on any atom is 0.409 e. The number of halogens is 5. The Bertz CT molecular complexity index is 1160. The Hall–Kier alpha value is -2.53. The van der Waals surface area contributed by atoms with Gasteiger partial charge in [0.05, 0.1) is 4.90 Å². The number of sulfonamides is 1. The zero-order valence-electron chi connectivity index (χ0n) is 18.9. The molecule has 0 N–H and O–H groups in total. The summed E-state index contributed by atoms with van der Waals surface area (Å²) in [4.78, 5) is 13.2. The molecule has 0 bridgehead atoms. The molecule has 0 aliphatic carbocycles. The molecular formula is C23H25F5N2O3S. The Morgan fingerprint density at radius 3 is 2.21 bits per heavy atom. The number of hydrogen-bond acceptors (Lipinski definition) is 3. The van der Waals surface area contributed by atoms with Crippen molar-refractivity contribution >= 4 is 15.9 Å². The van der Waals surface area contributed by atoms with Crippen LogP contribution in [-0.4, -0.2) is 48.5 Å². The average Bonchev–Trinajstić information content (AvgIpc) is 2.75. The molecule has 0 aromatic heterocycles. The largest absolute Gasteiger partial charge is 0.409 e. The van der Waals surface area contributed by atoms with Crippen molar-refractivity contribution in [1.82, 2.24) is 9.21 Å². The third-order valence-electron chi connectivity index (χ3n) is 5.69. The minimum absolute atomic E-state index is 0.0579. The fraction of sp³-hybridized carbons (Fsp3) is 0.435. The van der Waals surface area contributed by atoms with Gasteiger partial charge in [0.15, 0.2) is 5.67 Å². The van der Waals surface area contributed by atoms with Gasteiger partial charge < -0.3 is 4.90 Å². The molecule has 0 radical (unpaired) electrons. The molecule has 0 fully saturated rings. The van der Waals surface area contributed by atoms with E-state index in [1.54, 1.807) is 0 Å². The molecule has 3 rings (SSSR count). The van der Waals surface area contributed by atoms with Gasteiger partial charge in [0, 0.05) is 19.6 Å². The molecule has 1 atom stereocenters. The van der Waals surface area contributed by atoms with Crippen molar-refractivity contribution in [2.75, 3.05) is 13.1 Å². The van der Waals surface area contributed by atoms with Crippen LogP contribution in [0.1, 0.15) is 43.5 Å². The molecule has 186 valence electrons. The number of amides is 1. The number of nitrogens with zero attached hydrogens (tertiary/aromatic N) is 2. The Morgan fingerprint density at radius 1 is 1.06 bits per heavy atom. The minimum Gasteiger partial charge on any atom is -0.335 e. The SMILES string of the molecule is CCN(C(c1ccc(F)cc1)C(F)(F)F)S(=O)(=O)c1ccc2c(c1)CN(C(=O)C(C)(C)F)CC2. The summed E-state index contributed by atoms with van der Waals surface area (Å²) in [6.45, 7) is 3.21. The minimum atomic E-state index is -4.97. The summed E-state index contributed by atoms with van der Waals surface area (Å²) in [5, 5.41) is 0. The van der Waals surface area contributed by atoms with Gasteiger partial charge in [-0.3, -0.25) is 4.79 Å². The summed E-state index contributed by atoms with van der Waals surface area (Å²) in [6, 6.07) is 4.92. The molecular weight excluding hydrogens is 479 g/mol. The van der Waals surface area contributed by atoms with Crippen LogP contribution < -0.4 is 0 Å². The van der Waals surface area contributed by atoms with Crippen LogP contribution in [0.4, 0.5) is 22.0 Å². The lowest BCUT2D eigenvalue weighted by Crippen LogP contribution is -2.45. The Labute approximate surface area is 195 Å². The number of hydrogen-bond donors (Lipinski definition) is 0. The van der Waals surface area contributed by atoms with Crippen molar-refractivity contribution in [2.45, 2.75) is 56.5 Å². The predicted molar refractivity (Wildman–Crippen MR) is 116 cm³/mol. The van der Waals surface area contributed by atoms with E-state index in [1.165, 1.54) is 30.0 Å². The fourth-order valence-corrected chi connectivity index (χ4v) is 5.69. The van der Waals surface area contributed by atoms with Gasteiger partial charge in [-0.15, -0.1) is 0 Å². The highest BCUT2D eigenvalue weighted by atomic mass is 32.2. The second-order valence-electron chi connectivity index (χ2n) is 8.58. The molecule has 2 aromatic rings. The molecule has 1 amide bonds. The van der Waals surface area contributed by atoms with Crippen LogP contribution in [0.15, 0.2) is 47.4 Å². The van der Waals surface area contributed by atoms with E-state index in [0.29, 0.717) is 16.3 Å². The van der Waals surface area contributed by atoms with Gasteiger partial charge in [0.25, 0.3) is 5.91 Å². The van der Waals surface area contributed by atoms with E-state index in [0.717, 1.165) is 43.7 Å². The first-order chi connectivity index (χ1) is 15.7. The highest BCUT2D eigenvalue weighted by Crippen LogP contribution is 2.41. The summed E-state index contributed by atoms with van der Waals surface area (Å²) in [5.74, 6) is -1.50. The number of carbonyl (C=O) groups excluding carboxylic acids is 1. The van der Waals surface area contributed by atoms with Gasteiger partial charge in [-0.25, -0.2) is 17.2 Å². The van der Waals surface area contributed by atoms with Gasteiger partial charge in [-0.05, 0) is 61.2 Å². The third kappa shape index (κ3) is 5.25. The van der Waals surface area contributed by atoms with E-state index in [2.05, 4.69) is 0 Å². The monoisotopic (exact) mass is 504 g/mol. The van der Waals surface area contributed by atoms with E-state index in [4.69, 9.17) is 0 Å². The maximum atomic E-state index is 14.1. The topological polar surface area (TPSA) is 57.7 Å². The highest BCUT2D eigenvalue weighted by molar-refractivity contribution is 7.89. The lowest BCUT2D eigenvalue weighted by atomic mass is 9.98. The van der Waals surface area contributed by atoms with E-state index in [9.17, 15) is 35.2 Å². The van der Waals surface area contributed by atoms with Crippen LogP contribution in [0.2, 0.25) is 0 Å². The Kier molecular flexibility index (Phi) is 7.10. The first-order valence-corrected chi connectivity index (χ1v) is 12.0. The van der Waals surface area contributed by atoms with Crippen LogP contribution in [0.5, 0.6) is 0 Å². The van der Waals surface area contributed by atoms with Gasteiger partial charge in [-0.1, -0.05) is 25.1 Å². The number of alkyl halides is 4. The van der Waals surface area contributed by atoms with Crippen LogP contribution in [0.3, 0.4) is 0 Å². The highest BCUT2D eigenvalue weighted by Gasteiger charge is 2.48. The van der Waals surface area contributed by atoms with Gasteiger partial charge in [0.2, 0.25) is 10.0 Å². The van der Waals surface area contributed by atoms with Gasteiger partial charge in [-0.2, -0.15) is 17.5 Å². The van der Waals surface area contributed by atoms with E-state index < -0.39 is 51.7 Å². The van der Waals surface area contributed by atoms with E-state index >= 15 is 0 Å².